The molecule has 1 aromatic heterocycles. The molecule has 6 rings (SSSR count). The topological polar surface area (TPSA) is 247 Å². The van der Waals surface area contributed by atoms with Crippen LogP contribution in [0.15, 0.2) is 66.9 Å². The van der Waals surface area contributed by atoms with Gasteiger partial charge in [-0.25, -0.2) is 14.3 Å². The van der Waals surface area contributed by atoms with E-state index < -0.39 is 108 Å². The minimum absolute atomic E-state index is 0.0118. The van der Waals surface area contributed by atoms with E-state index in [2.05, 4.69) is 20.9 Å². The molecule has 436 valence electrons. The predicted octanol–water partition coefficient (Wildman–Crippen LogP) is 5.41. The Hall–Kier alpha value is -4.81. The number of nitrogens with zero attached hydrogens (tertiary/aromatic N) is 5. The second-order valence-electron chi connectivity index (χ2n) is 23.0. The summed E-state index contributed by atoms with van der Waals surface area (Å²) in [6.07, 6.45) is -9.20. The standard InChI is InChI=1S/C57H89N7O14/c1-15-44-57(10,70)49(77-53(67)58-29-40-22-18-16-19-23-40)38(6)63(13)31-34(2)27-55(8,69)48(76-52-46(65)43(62(11)12)26-35(3)72-52)36(4)47(37(5)51(66)74-44)75-45-28-56(9,71-14)50(39(7)73-45)78-54(68)59-30-42-33-64(61-60-42)32-41-24-20-17-21-25-41/h16-25,33-39,43-50,52,65,69-70H,15,26-32H2,1-14H3,(H,58,67)(H,59,68)/t34-,35-,36+,37-,38-,39+,43+,44-,45+,46-,47+,48-,49-,50+,52+,55-,56-,57-/m1/s1. The molecule has 0 spiro atoms. The van der Waals surface area contributed by atoms with E-state index in [0.717, 1.165) is 11.1 Å². The van der Waals surface area contributed by atoms with Gasteiger partial charge in [-0.1, -0.05) is 86.6 Å². The lowest BCUT2D eigenvalue weighted by Gasteiger charge is -2.49. The molecule has 3 saturated heterocycles. The average molecular weight is 1100 g/mol. The molecule has 2 aromatic carbocycles. The normalized spacial score (nSPS) is 36.6. The number of alkyl carbamates (subject to hydrolysis) is 2. The van der Waals surface area contributed by atoms with Crippen LogP contribution in [0, 0.1) is 17.8 Å². The van der Waals surface area contributed by atoms with Crippen LogP contribution in [-0.2, 0) is 62.3 Å². The Kier molecular flexibility index (Phi) is 21.7. The van der Waals surface area contributed by atoms with Crippen LogP contribution in [0.3, 0.4) is 0 Å². The summed E-state index contributed by atoms with van der Waals surface area (Å²) < 4.78 is 53.1. The molecule has 21 nitrogen and oxygen atoms in total. The number of amides is 2. The van der Waals surface area contributed by atoms with E-state index in [9.17, 15) is 29.7 Å². The summed E-state index contributed by atoms with van der Waals surface area (Å²) in [5.41, 5.74) is -2.40. The zero-order valence-corrected chi connectivity index (χ0v) is 48.2. The lowest BCUT2D eigenvalue weighted by molar-refractivity contribution is -0.317. The minimum Gasteiger partial charge on any atom is -0.459 e. The van der Waals surface area contributed by atoms with Crippen LogP contribution in [0.5, 0.6) is 0 Å². The molecule has 78 heavy (non-hydrogen) atoms. The quantitative estimate of drug-likeness (QED) is 0.0943. The van der Waals surface area contributed by atoms with Crippen LogP contribution in [0.1, 0.15) is 112 Å². The van der Waals surface area contributed by atoms with Crippen LogP contribution in [0.25, 0.3) is 0 Å². The van der Waals surface area contributed by atoms with E-state index in [4.69, 9.17) is 37.9 Å². The largest absolute Gasteiger partial charge is 0.459 e. The number of carbonyl (C=O) groups excluding carboxylic acids is 3. The molecule has 0 unspecified atom stereocenters. The number of rotatable bonds is 15. The highest BCUT2D eigenvalue weighted by Gasteiger charge is 2.54. The van der Waals surface area contributed by atoms with Crippen molar-refractivity contribution in [1.29, 1.82) is 0 Å². The van der Waals surface area contributed by atoms with E-state index >= 15 is 0 Å². The van der Waals surface area contributed by atoms with Gasteiger partial charge in [-0.05, 0) is 106 Å². The Labute approximate surface area is 460 Å². The molecule has 21 heteroatoms. The molecular weight excluding hydrogens is 1010 g/mol. The van der Waals surface area contributed by atoms with Gasteiger partial charge >= 0.3 is 18.2 Å². The number of esters is 1. The molecule has 3 fully saturated rings. The van der Waals surface area contributed by atoms with Gasteiger partial charge in [0.1, 0.15) is 29.1 Å². The number of methoxy groups -OCH3 is 1. The molecule has 5 N–H and O–H groups in total. The van der Waals surface area contributed by atoms with Crippen molar-refractivity contribution < 1.29 is 67.6 Å². The molecule has 0 saturated carbocycles. The average Bonchev–Trinajstić information content (AvgIpc) is 3.86. The lowest BCUT2D eigenvalue weighted by atomic mass is 9.77. The van der Waals surface area contributed by atoms with Crippen LogP contribution in [0.2, 0.25) is 0 Å². The zero-order chi connectivity index (χ0) is 57.3. The summed E-state index contributed by atoms with van der Waals surface area (Å²) in [5.74, 6) is -3.04. The Bertz CT molecular complexity index is 2360. The number of aliphatic hydroxyl groups is 3. The molecule has 3 aliphatic rings. The fraction of sp³-hybridized carbons (Fsp3) is 0.702. The Morgan fingerprint density at radius 3 is 2.08 bits per heavy atom. The van der Waals surface area contributed by atoms with E-state index in [1.807, 2.05) is 112 Å². The number of hydrogen-bond donors (Lipinski definition) is 5. The van der Waals surface area contributed by atoms with Gasteiger partial charge in [-0.3, -0.25) is 9.69 Å². The van der Waals surface area contributed by atoms with Gasteiger partial charge in [0.05, 0.1) is 55.2 Å². The number of cyclic esters (lactones) is 1. The molecule has 3 aromatic rings. The van der Waals surface area contributed by atoms with Gasteiger partial charge in [0.15, 0.2) is 24.8 Å². The Morgan fingerprint density at radius 2 is 1.46 bits per heavy atom. The first-order chi connectivity index (χ1) is 36.8. The van der Waals surface area contributed by atoms with Crippen molar-refractivity contribution in [2.75, 3.05) is 34.8 Å². The van der Waals surface area contributed by atoms with Crippen molar-refractivity contribution in [2.24, 2.45) is 17.8 Å². The fourth-order valence-corrected chi connectivity index (χ4v) is 11.7. The molecule has 4 heterocycles. The minimum atomic E-state index is -1.94. The van der Waals surface area contributed by atoms with E-state index in [1.54, 1.807) is 52.4 Å². The van der Waals surface area contributed by atoms with Gasteiger partial charge in [0.25, 0.3) is 0 Å². The van der Waals surface area contributed by atoms with Crippen LogP contribution >= 0.6 is 0 Å². The first-order valence-electron chi connectivity index (χ1n) is 27.5. The predicted molar refractivity (Wildman–Crippen MR) is 288 cm³/mol. The third-order valence-electron chi connectivity index (χ3n) is 16.1. The molecule has 3 aliphatic heterocycles. The van der Waals surface area contributed by atoms with E-state index in [0.29, 0.717) is 25.2 Å². The third kappa shape index (κ3) is 15.8. The summed E-state index contributed by atoms with van der Waals surface area (Å²) in [4.78, 5) is 46.0. The smallest absolute Gasteiger partial charge is 0.407 e. The highest BCUT2D eigenvalue weighted by molar-refractivity contribution is 5.73. The summed E-state index contributed by atoms with van der Waals surface area (Å²) in [6.45, 7) is 18.7. The number of hydrogen-bond acceptors (Lipinski definition) is 18. The maximum Gasteiger partial charge on any atom is 0.407 e. The maximum atomic E-state index is 15.0. The summed E-state index contributed by atoms with van der Waals surface area (Å²) in [6, 6.07) is 18.2. The number of carbonyl (C=O) groups is 3. The first kappa shape index (κ1) is 62.4. The highest BCUT2D eigenvalue weighted by Crippen LogP contribution is 2.41. The van der Waals surface area contributed by atoms with Crippen molar-refractivity contribution in [2.45, 2.75) is 205 Å². The monoisotopic (exact) mass is 1100 g/mol. The summed E-state index contributed by atoms with van der Waals surface area (Å²) in [7, 11) is 7.09. The number of aromatic nitrogens is 3. The lowest BCUT2D eigenvalue weighted by Crippen LogP contribution is -2.61. The molecular formula is C57H89N7O14. The second-order valence-corrected chi connectivity index (χ2v) is 23.0. The zero-order valence-electron chi connectivity index (χ0n) is 48.2. The second kappa shape index (κ2) is 27.1. The van der Waals surface area contributed by atoms with Gasteiger partial charge in [0, 0.05) is 44.6 Å². The van der Waals surface area contributed by atoms with Crippen molar-refractivity contribution >= 4 is 18.2 Å². The number of ether oxygens (including phenoxy) is 8. The SMILES string of the molecule is CC[C@H]1OC(=O)[C@H](C)[C@@H](O[C@H]2C[C@@](C)(OC)[C@@H](OC(=O)NCc3cn(Cc4ccccc4)nn3)[C@H](C)O2)[C@H](C)[C@@H](O[C@@H]2O[C@H](C)C[C@H](N(C)C)[C@H]2O)[C@](C)(O)C[C@@H](C)CN(C)[C@H](C)[C@@H](OC(=O)NCc2ccccc2)[C@]1(C)O. The summed E-state index contributed by atoms with van der Waals surface area (Å²) in [5, 5.41) is 51.4. The maximum absolute atomic E-state index is 15.0. The molecule has 0 bridgehead atoms. The number of benzene rings is 2. The van der Waals surface area contributed by atoms with Crippen molar-refractivity contribution in [1.82, 2.24) is 35.4 Å². The number of likely N-dealkylation sites (N-methyl/N-ethyl adjacent to an activating group) is 2. The highest BCUT2D eigenvalue weighted by atomic mass is 16.7. The van der Waals surface area contributed by atoms with Gasteiger partial charge < -0.3 is 68.7 Å². The van der Waals surface area contributed by atoms with Crippen LogP contribution in [0.4, 0.5) is 9.59 Å². The Balaban J connectivity index is 1.30. The van der Waals surface area contributed by atoms with Gasteiger partial charge in [-0.2, -0.15) is 0 Å². The first-order valence-corrected chi connectivity index (χ1v) is 27.5. The van der Waals surface area contributed by atoms with Crippen molar-refractivity contribution in [3.63, 3.8) is 0 Å². The molecule has 18 atom stereocenters. The van der Waals surface area contributed by atoms with E-state index in [1.165, 1.54) is 14.0 Å². The molecule has 0 radical (unpaired) electrons. The van der Waals surface area contributed by atoms with Crippen LogP contribution in [-0.4, -0.2) is 183 Å². The molecule has 2 amide bonds. The van der Waals surface area contributed by atoms with Gasteiger partial charge in [0.2, 0.25) is 0 Å². The number of aliphatic hydroxyl groups excluding tert-OH is 1. The number of nitrogens with one attached hydrogen (secondary N) is 2. The van der Waals surface area contributed by atoms with Gasteiger partial charge in [-0.15, -0.1) is 5.10 Å². The summed E-state index contributed by atoms with van der Waals surface area (Å²) >= 11 is 0. The van der Waals surface area contributed by atoms with Crippen molar-refractivity contribution in [3.05, 3.63) is 83.7 Å². The van der Waals surface area contributed by atoms with Crippen LogP contribution < -0.4 is 10.6 Å². The van der Waals surface area contributed by atoms with Crippen molar-refractivity contribution in [3.8, 4) is 0 Å². The molecule has 0 aliphatic carbocycles. The Morgan fingerprint density at radius 1 is 0.846 bits per heavy atom. The third-order valence-corrected chi connectivity index (χ3v) is 16.1. The fourth-order valence-electron chi connectivity index (χ4n) is 11.7. The van der Waals surface area contributed by atoms with E-state index in [-0.39, 0.29) is 50.4 Å².